The van der Waals surface area contributed by atoms with E-state index in [2.05, 4.69) is 5.32 Å². The normalized spacial score (nSPS) is 13.4. The lowest BCUT2D eigenvalue weighted by molar-refractivity contribution is -0.156. The number of carboxylic acids is 1. The first-order valence-electron chi connectivity index (χ1n) is 5.84. The lowest BCUT2D eigenvalue weighted by Gasteiger charge is -2.18. The molecular formula is C13H16ClNO5. The van der Waals surface area contributed by atoms with Gasteiger partial charge in [-0.15, -0.1) is 0 Å². The van der Waals surface area contributed by atoms with Crippen LogP contribution in [0.1, 0.15) is 12.5 Å². The van der Waals surface area contributed by atoms with Gasteiger partial charge in [0.05, 0.1) is 11.6 Å². The van der Waals surface area contributed by atoms with E-state index < -0.39 is 24.0 Å². The summed E-state index contributed by atoms with van der Waals surface area (Å²) in [6.45, 7) is 2.21. The number of nitrogens with one attached hydrogen (secondary N) is 1. The minimum absolute atomic E-state index is 0.321. The van der Waals surface area contributed by atoms with Crippen molar-refractivity contribution in [3.63, 3.8) is 0 Å². The predicted molar refractivity (Wildman–Crippen MR) is 73.0 cm³/mol. The first kappa shape index (κ1) is 16.3. The number of carbonyl (C=O) groups excluding carboxylic acids is 1. The Balaban J connectivity index is 2.48. The van der Waals surface area contributed by atoms with Crippen LogP contribution >= 0.6 is 11.6 Å². The van der Waals surface area contributed by atoms with Crippen molar-refractivity contribution in [1.29, 1.82) is 0 Å². The molecule has 1 aromatic rings. The van der Waals surface area contributed by atoms with Crippen molar-refractivity contribution in [1.82, 2.24) is 5.32 Å². The number of hydrogen-bond acceptors (Lipinski definition) is 4. The van der Waals surface area contributed by atoms with E-state index in [0.29, 0.717) is 10.8 Å². The Morgan fingerprint density at radius 3 is 2.70 bits per heavy atom. The third kappa shape index (κ3) is 4.71. The smallest absolute Gasteiger partial charge is 0.337 e. The van der Waals surface area contributed by atoms with Crippen molar-refractivity contribution in [3.8, 4) is 5.75 Å². The highest BCUT2D eigenvalue weighted by molar-refractivity contribution is 6.32. The zero-order valence-corrected chi connectivity index (χ0v) is 11.9. The maximum absolute atomic E-state index is 11.5. The third-order valence-electron chi connectivity index (χ3n) is 2.54. The molecule has 0 aromatic heterocycles. The highest BCUT2D eigenvalue weighted by Gasteiger charge is 2.30. The van der Waals surface area contributed by atoms with Crippen molar-refractivity contribution < 1.29 is 24.5 Å². The molecule has 0 heterocycles. The Morgan fingerprint density at radius 1 is 1.45 bits per heavy atom. The molecule has 1 aromatic carbocycles. The number of carboxylic acid groups (broad SMARTS) is 1. The maximum Gasteiger partial charge on any atom is 0.337 e. The number of halogens is 1. The number of aryl methyl sites for hydroxylation is 1. The molecule has 1 rings (SSSR count). The Kier molecular flexibility index (Phi) is 5.35. The summed E-state index contributed by atoms with van der Waals surface area (Å²) in [5, 5.41) is 20.8. The van der Waals surface area contributed by atoms with Crippen LogP contribution in [0.5, 0.6) is 5.75 Å². The molecule has 1 amide bonds. The maximum atomic E-state index is 11.5. The van der Waals surface area contributed by atoms with E-state index in [1.807, 2.05) is 6.92 Å². The number of benzene rings is 1. The first-order chi connectivity index (χ1) is 9.22. The molecule has 0 saturated heterocycles. The molecule has 0 radical (unpaired) electrons. The first-order valence-corrected chi connectivity index (χ1v) is 6.21. The third-order valence-corrected chi connectivity index (χ3v) is 2.85. The van der Waals surface area contributed by atoms with Gasteiger partial charge in [0.25, 0.3) is 5.91 Å². The van der Waals surface area contributed by atoms with Crippen LogP contribution in [0.4, 0.5) is 0 Å². The minimum atomic E-state index is -2.02. The van der Waals surface area contributed by atoms with Crippen molar-refractivity contribution in [3.05, 3.63) is 28.8 Å². The summed E-state index contributed by atoms with van der Waals surface area (Å²) in [7, 11) is 0. The number of amides is 1. The number of rotatable bonds is 6. The molecule has 0 aliphatic carbocycles. The van der Waals surface area contributed by atoms with E-state index in [1.54, 1.807) is 18.2 Å². The molecule has 1 atom stereocenters. The molecule has 0 bridgehead atoms. The second-order valence-corrected chi connectivity index (χ2v) is 4.99. The molecule has 3 N–H and O–H groups in total. The van der Waals surface area contributed by atoms with Gasteiger partial charge in [0.15, 0.2) is 12.2 Å². The average molecular weight is 302 g/mol. The standard InChI is InChI=1S/C13H16ClNO5/c1-8-3-4-9(14)10(5-8)20-6-11(16)15-7-13(2,19)12(17)18/h3-5,19H,6-7H2,1-2H3,(H,15,16)(H,17,18). The Morgan fingerprint density at radius 2 is 2.10 bits per heavy atom. The topological polar surface area (TPSA) is 95.9 Å². The molecule has 0 aliphatic rings. The zero-order valence-electron chi connectivity index (χ0n) is 11.1. The Hall–Kier alpha value is -1.79. The van der Waals surface area contributed by atoms with E-state index in [0.717, 1.165) is 12.5 Å². The molecule has 110 valence electrons. The fourth-order valence-electron chi connectivity index (χ4n) is 1.26. The van der Waals surface area contributed by atoms with E-state index >= 15 is 0 Å². The molecular weight excluding hydrogens is 286 g/mol. The summed E-state index contributed by atoms with van der Waals surface area (Å²) in [5.74, 6) is -1.60. The largest absolute Gasteiger partial charge is 0.482 e. The van der Waals surface area contributed by atoms with Gasteiger partial charge in [-0.2, -0.15) is 0 Å². The summed E-state index contributed by atoms with van der Waals surface area (Å²) in [5.41, 5.74) is -1.09. The lowest BCUT2D eigenvalue weighted by atomic mass is 10.1. The number of ether oxygens (including phenoxy) is 1. The van der Waals surface area contributed by atoms with E-state index in [4.69, 9.17) is 21.4 Å². The van der Waals surface area contributed by atoms with Gasteiger partial charge in [-0.25, -0.2) is 4.79 Å². The van der Waals surface area contributed by atoms with Crippen LogP contribution in [-0.2, 0) is 9.59 Å². The van der Waals surface area contributed by atoms with Gasteiger partial charge in [-0.05, 0) is 31.5 Å². The van der Waals surface area contributed by atoms with E-state index in [9.17, 15) is 14.7 Å². The number of aliphatic carboxylic acids is 1. The molecule has 0 aliphatic heterocycles. The number of hydrogen-bond donors (Lipinski definition) is 3. The van der Waals surface area contributed by atoms with Gasteiger partial charge in [0.1, 0.15) is 5.75 Å². The zero-order chi connectivity index (χ0) is 15.3. The van der Waals surface area contributed by atoms with Crippen LogP contribution in [-0.4, -0.2) is 40.8 Å². The molecule has 1 unspecified atom stereocenters. The molecule has 0 fully saturated rings. The molecule has 20 heavy (non-hydrogen) atoms. The van der Waals surface area contributed by atoms with Crippen LogP contribution in [0.2, 0.25) is 5.02 Å². The molecule has 7 heteroatoms. The highest BCUT2D eigenvalue weighted by Crippen LogP contribution is 2.24. The van der Waals surface area contributed by atoms with Gasteiger partial charge in [0, 0.05) is 0 Å². The number of aliphatic hydroxyl groups is 1. The number of carbonyl (C=O) groups is 2. The average Bonchev–Trinajstić information content (AvgIpc) is 2.37. The second kappa shape index (κ2) is 6.58. The second-order valence-electron chi connectivity index (χ2n) is 4.58. The van der Waals surface area contributed by atoms with Crippen LogP contribution in [0, 0.1) is 6.92 Å². The summed E-state index contributed by atoms with van der Waals surface area (Å²) in [6.07, 6.45) is 0. The molecule has 0 saturated carbocycles. The van der Waals surface area contributed by atoms with Crippen LogP contribution in [0.25, 0.3) is 0 Å². The Bertz CT molecular complexity index is 515. The fourth-order valence-corrected chi connectivity index (χ4v) is 1.43. The van der Waals surface area contributed by atoms with E-state index in [-0.39, 0.29) is 6.61 Å². The van der Waals surface area contributed by atoms with E-state index in [1.165, 1.54) is 0 Å². The summed E-state index contributed by atoms with van der Waals surface area (Å²) < 4.78 is 5.23. The van der Waals surface area contributed by atoms with Gasteiger partial charge >= 0.3 is 5.97 Å². The quantitative estimate of drug-likeness (QED) is 0.728. The lowest BCUT2D eigenvalue weighted by Crippen LogP contribution is -2.47. The van der Waals surface area contributed by atoms with Crippen molar-refractivity contribution in [2.75, 3.05) is 13.2 Å². The minimum Gasteiger partial charge on any atom is -0.482 e. The van der Waals surface area contributed by atoms with Gasteiger partial charge < -0.3 is 20.3 Å². The summed E-state index contributed by atoms with van der Waals surface area (Å²) in [4.78, 5) is 22.1. The van der Waals surface area contributed by atoms with Crippen LogP contribution in [0.3, 0.4) is 0 Å². The van der Waals surface area contributed by atoms with Crippen molar-refractivity contribution in [2.45, 2.75) is 19.4 Å². The van der Waals surface area contributed by atoms with Gasteiger partial charge in [-0.3, -0.25) is 4.79 Å². The SMILES string of the molecule is Cc1ccc(Cl)c(OCC(=O)NCC(C)(O)C(=O)O)c1. The van der Waals surface area contributed by atoms with Crippen LogP contribution in [0.15, 0.2) is 18.2 Å². The predicted octanol–water partition coefficient (Wildman–Crippen LogP) is 0.979. The molecule has 6 nitrogen and oxygen atoms in total. The van der Waals surface area contributed by atoms with Crippen molar-refractivity contribution in [2.24, 2.45) is 0 Å². The monoisotopic (exact) mass is 301 g/mol. The summed E-state index contributed by atoms with van der Waals surface area (Å²) in [6, 6.07) is 5.14. The van der Waals surface area contributed by atoms with Gasteiger partial charge in [0.2, 0.25) is 0 Å². The molecule has 0 spiro atoms. The Labute approximate surface area is 121 Å². The van der Waals surface area contributed by atoms with Crippen molar-refractivity contribution >= 4 is 23.5 Å². The highest BCUT2D eigenvalue weighted by atomic mass is 35.5. The van der Waals surface area contributed by atoms with Crippen LogP contribution < -0.4 is 10.1 Å². The summed E-state index contributed by atoms with van der Waals surface area (Å²) >= 11 is 5.90. The van der Waals surface area contributed by atoms with Gasteiger partial charge in [-0.1, -0.05) is 17.7 Å². The fraction of sp³-hybridized carbons (Fsp3) is 0.385.